The first-order valence-corrected chi connectivity index (χ1v) is 5.96. The first kappa shape index (κ1) is 12.9. The Bertz CT molecular complexity index is 365. The third-order valence-electron chi connectivity index (χ3n) is 2.24. The molecule has 16 heavy (non-hydrogen) atoms. The molecule has 0 aliphatic rings. The molecular formula is C10H17N3O2S. The van der Waals surface area contributed by atoms with Gasteiger partial charge in [0.2, 0.25) is 5.13 Å². The summed E-state index contributed by atoms with van der Waals surface area (Å²) in [5.41, 5.74) is 0. The molecule has 0 aliphatic carbocycles. The van der Waals surface area contributed by atoms with E-state index in [2.05, 4.69) is 9.36 Å². The van der Waals surface area contributed by atoms with Crippen molar-refractivity contribution in [3.8, 4) is 0 Å². The minimum atomic E-state index is -0.791. The maximum absolute atomic E-state index is 10.7. The quantitative estimate of drug-likeness (QED) is 0.854. The molecule has 0 saturated heterocycles. The molecule has 90 valence electrons. The second kappa shape index (κ2) is 5.25. The summed E-state index contributed by atoms with van der Waals surface area (Å²) in [6.07, 6.45) is 0. The van der Waals surface area contributed by atoms with Gasteiger partial charge in [-0.3, -0.25) is 4.79 Å². The average molecular weight is 243 g/mol. The van der Waals surface area contributed by atoms with Gasteiger partial charge in [-0.1, -0.05) is 20.8 Å². The number of anilines is 1. The summed E-state index contributed by atoms with van der Waals surface area (Å²) in [7, 11) is 1.84. The standard InChI is InChI=1S/C10H17N3O2S/c1-6(2)8-11-10(16-12-8)13(4)5-7(3)9(14)15/h6-7H,5H2,1-4H3,(H,14,15). The largest absolute Gasteiger partial charge is 0.481 e. The Morgan fingerprint density at radius 2 is 2.12 bits per heavy atom. The van der Waals surface area contributed by atoms with Gasteiger partial charge in [0.25, 0.3) is 0 Å². The van der Waals surface area contributed by atoms with E-state index in [1.165, 1.54) is 11.5 Å². The molecule has 1 aromatic heterocycles. The van der Waals surface area contributed by atoms with Crippen molar-refractivity contribution in [1.82, 2.24) is 9.36 Å². The lowest BCUT2D eigenvalue weighted by Gasteiger charge is -2.17. The van der Waals surface area contributed by atoms with Crippen LogP contribution in [-0.4, -0.2) is 34.0 Å². The number of aromatic nitrogens is 2. The fraction of sp³-hybridized carbons (Fsp3) is 0.700. The van der Waals surface area contributed by atoms with Crippen LogP contribution in [0, 0.1) is 5.92 Å². The Morgan fingerprint density at radius 3 is 2.56 bits per heavy atom. The third kappa shape index (κ3) is 3.16. The first-order valence-electron chi connectivity index (χ1n) is 5.19. The average Bonchev–Trinajstić information content (AvgIpc) is 2.65. The van der Waals surface area contributed by atoms with E-state index in [0.717, 1.165) is 11.0 Å². The molecule has 6 heteroatoms. The zero-order valence-corrected chi connectivity index (χ0v) is 10.8. The van der Waals surface area contributed by atoms with Crippen LogP contribution in [-0.2, 0) is 4.79 Å². The van der Waals surface area contributed by atoms with Gasteiger partial charge in [0.05, 0.1) is 5.92 Å². The summed E-state index contributed by atoms with van der Waals surface area (Å²) in [4.78, 5) is 16.9. The monoisotopic (exact) mass is 243 g/mol. The maximum Gasteiger partial charge on any atom is 0.308 e. The Kier molecular flexibility index (Phi) is 4.23. The number of rotatable bonds is 5. The zero-order valence-electron chi connectivity index (χ0n) is 9.97. The van der Waals surface area contributed by atoms with Gasteiger partial charge < -0.3 is 10.0 Å². The first-order chi connectivity index (χ1) is 7.41. The van der Waals surface area contributed by atoms with Gasteiger partial charge in [-0.25, -0.2) is 4.98 Å². The molecule has 1 heterocycles. The number of carboxylic acid groups (broad SMARTS) is 1. The van der Waals surface area contributed by atoms with Crippen LogP contribution in [0.2, 0.25) is 0 Å². The molecule has 0 radical (unpaired) electrons. The van der Waals surface area contributed by atoms with Crippen LogP contribution in [0.15, 0.2) is 0 Å². The molecule has 1 atom stereocenters. The van der Waals surface area contributed by atoms with Gasteiger partial charge in [0.1, 0.15) is 5.82 Å². The van der Waals surface area contributed by atoms with Gasteiger partial charge in [-0.05, 0) is 0 Å². The molecule has 5 nitrogen and oxygen atoms in total. The lowest BCUT2D eigenvalue weighted by Crippen LogP contribution is -2.28. The number of carbonyl (C=O) groups is 1. The molecule has 0 fully saturated rings. The van der Waals surface area contributed by atoms with E-state index in [-0.39, 0.29) is 0 Å². The summed E-state index contributed by atoms with van der Waals surface area (Å²) in [6, 6.07) is 0. The summed E-state index contributed by atoms with van der Waals surface area (Å²) < 4.78 is 4.23. The number of hydrogen-bond donors (Lipinski definition) is 1. The number of hydrogen-bond acceptors (Lipinski definition) is 5. The SMILES string of the molecule is CC(CN(C)c1nc(C(C)C)ns1)C(=O)O. The van der Waals surface area contributed by atoms with Gasteiger partial charge in [0.15, 0.2) is 0 Å². The van der Waals surface area contributed by atoms with Crippen molar-refractivity contribution in [3.05, 3.63) is 5.82 Å². The van der Waals surface area contributed by atoms with Crippen LogP contribution >= 0.6 is 11.5 Å². The predicted octanol–water partition coefficient (Wildman–Crippen LogP) is 1.82. The lowest BCUT2D eigenvalue weighted by atomic mass is 10.2. The highest BCUT2D eigenvalue weighted by Crippen LogP contribution is 2.20. The normalized spacial score (nSPS) is 12.8. The Labute approximate surface area is 99.3 Å². The van der Waals surface area contributed by atoms with E-state index in [1.807, 2.05) is 25.8 Å². The minimum absolute atomic E-state index is 0.301. The van der Waals surface area contributed by atoms with Crippen LogP contribution in [0.4, 0.5) is 5.13 Å². The van der Waals surface area contributed by atoms with Crippen molar-refractivity contribution in [1.29, 1.82) is 0 Å². The lowest BCUT2D eigenvalue weighted by molar-refractivity contribution is -0.140. The number of aliphatic carboxylic acids is 1. The molecule has 0 saturated carbocycles. The Morgan fingerprint density at radius 1 is 1.50 bits per heavy atom. The van der Waals surface area contributed by atoms with E-state index in [9.17, 15) is 4.79 Å². The predicted molar refractivity (Wildman–Crippen MR) is 64.1 cm³/mol. The van der Waals surface area contributed by atoms with Crippen LogP contribution in [0.25, 0.3) is 0 Å². The summed E-state index contributed by atoms with van der Waals surface area (Å²) in [6.45, 7) is 6.20. The molecular weight excluding hydrogens is 226 g/mol. The van der Waals surface area contributed by atoms with E-state index >= 15 is 0 Å². The van der Waals surface area contributed by atoms with Crippen molar-refractivity contribution < 1.29 is 9.90 Å². The van der Waals surface area contributed by atoms with Crippen LogP contribution < -0.4 is 4.90 Å². The third-order valence-corrected chi connectivity index (χ3v) is 3.09. The van der Waals surface area contributed by atoms with E-state index in [1.54, 1.807) is 6.92 Å². The van der Waals surface area contributed by atoms with Crippen molar-refractivity contribution in [2.45, 2.75) is 26.7 Å². The zero-order chi connectivity index (χ0) is 12.3. The van der Waals surface area contributed by atoms with E-state index in [4.69, 9.17) is 5.11 Å². The van der Waals surface area contributed by atoms with Crippen molar-refractivity contribution in [2.24, 2.45) is 5.92 Å². The molecule has 0 amide bonds. The van der Waals surface area contributed by atoms with Crippen LogP contribution in [0.1, 0.15) is 32.5 Å². The topological polar surface area (TPSA) is 66.3 Å². The second-order valence-electron chi connectivity index (χ2n) is 4.21. The smallest absolute Gasteiger partial charge is 0.308 e. The summed E-state index contributed by atoms with van der Waals surface area (Å²) in [5.74, 6) is -0.0815. The fourth-order valence-electron chi connectivity index (χ4n) is 1.18. The van der Waals surface area contributed by atoms with Crippen LogP contribution in [0.3, 0.4) is 0 Å². The summed E-state index contributed by atoms with van der Waals surface area (Å²) >= 11 is 1.31. The van der Waals surface area contributed by atoms with Crippen molar-refractivity contribution in [3.63, 3.8) is 0 Å². The molecule has 0 aromatic carbocycles. The highest BCUT2D eigenvalue weighted by molar-refractivity contribution is 7.09. The second-order valence-corrected chi connectivity index (χ2v) is 4.94. The Balaban J connectivity index is 2.65. The van der Waals surface area contributed by atoms with Gasteiger partial charge >= 0.3 is 5.97 Å². The Hall–Kier alpha value is -1.17. The number of nitrogens with zero attached hydrogens (tertiary/aromatic N) is 3. The highest BCUT2D eigenvalue weighted by atomic mass is 32.1. The van der Waals surface area contributed by atoms with E-state index in [0.29, 0.717) is 12.5 Å². The molecule has 1 aromatic rings. The molecule has 1 N–H and O–H groups in total. The molecule has 1 rings (SSSR count). The maximum atomic E-state index is 10.7. The highest BCUT2D eigenvalue weighted by Gasteiger charge is 2.17. The molecule has 0 spiro atoms. The van der Waals surface area contributed by atoms with Gasteiger partial charge in [0, 0.05) is 31.0 Å². The number of carboxylic acids is 1. The fourth-order valence-corrected chi connectivity index (χ4v) is 1.96. The summed E-state index contributed by atoms with van der Waals surface area (Å²) in [5, 5.41) is 9.59. The molecule has 0 aliphatic heterocycles. The molecule has 1 unspecified atom stereocenters. The minimum Gasteiger partial charge on any atom is -0.481 e. The van der Waals surface area contributed by atoms with E-state index < -0.39 is 11.9 Å². The van der Waals surface area contributed by atoms with Crippen LogP contribution in [0.5, 0.6) is 0 Å². The van der Waals surface area contributed by atoms with Gasteiger partial charge in [-0.15, -0.1) is 0 Å². The van der Waals surface area contributed by atoms with Crippen molar-refractivity contribution >= 4 is 22.6 Å². The van der Waals surface area contributed by atoms with Crippen molar-refractivity contribution in [2.75, 3.05) is 18.5 Å². The van der Waals surface area contributed by atoms with Gasteiger partial charge in [-0.2, -0.15) is 4.37 Å². The molecule has 0 bridgehead atoms.